The first-order chi connectivity index (χ1) is 8.90. The number of hydrogen-bond acceptors (Lipinski definition) is 2. The van der Waals surface area contributed by atoms with Crippen molar-refractivity contribution in [2.45, 2.75) is 0 Å². The lowest BCUT2D eigenvalue weighted by molar-refractivity contribution is 0.0696. The van der Waals surface area contributed by atoms with Crippen LogP contribution in [0.1, 0.15) is 10.4 Å². The summed E-state index contributed by atoms with van der Waals surface area (Å²) in [5.41, 5.74) is 0.938. The van der Waals surface area contributed by atoms with Gasteiger partial charge in [-0.25, -0.2) is 4.79 Å². The number of carboxylic acid groups (broad SMARTS) is 1. The largest absolute Gasteiger partial charge is 0.478 e. The van der Waals surface area contributed by atoms with E-state index in [0.717, 1.165) is 0 Å². The Bertz CT molecular complexity index is 650. The third-order valence-electron chi connectivity index (χ3n) is 2.35. The number of aromatic carboxylic acids is 1. The predicted octanol–water partition coefficient (Wildman–Crippen LogP) is 5.06. The monoisotopic (exact) mass is 335 g/mol. The molecule has 0 fully saturated rings. The molecule has 0 saturated heterocycles. The molecule has 1 N–H and O–H groups in total. The number of carboxylic acids is 1. The van der Waals surface area contributed by atoms with Crippen LogP contribution in [0, 0.1) is 0 Å². The number of pyridine rings is 1. The van der Waals surface area contributed by atoms with Crippen LogP contribution in [0.25, 0.3) is 11.3 Å². The lowest BCUT2D eigenvalue weighted by Gasteiger charge is -2.07. The molecule has 3 nitrogen and oxygen atoms in total. The summed E-state index contributed by atoms with van der Waals surface area (Å²) in [5.74, 6) is -1.10. The Labute approximate surface area is 128 Å². The molecule has 0 spiro atoms. The zero-order valence-electron chi connectivity index (χ0n) is 9.12. The fourth-order valence-electron chi connectivity index (χ4n) is 1.46. The lowest BCUT2D eigenvalue weighted by atomic mass is 10.1. The van der Waals surface area contributed by atoms with Crippen molar-refractivity contribution in [3.05, 3.63) is 50.0 Å². The third kappa shape index (κ3) is 2.95. The number of carbonyl (C=O) groups is 1. The van der Waals surface area contributed by atoms with Crippen molar-refractivity contribution < 1.29 is 9.90 Å². The molecular weight excluding hydrogens is 332 g/mol. The highest BCUT2D eigenvalue weighted by Gasteiger charge is 2.13. The Balaban J connectivity index is 2.56. The summed E-state index contributed by atoms with van der Waals surface area (Å²) >= 11 is 23.7. The van der Waals surface area contributed by atoms with Crippen LogP contribution in [0.15, 0.2) is 24.4 Å². The summed E-state index contributed by atoms with van der Waals surface area (Å²) in [5, 5.41) is 9.80. The van der Waals surface area contributed by atoms with Gasteiger partial charge in [-0.15, -0.1) is 0 Å². The van der Waals surface area contributed by atoms with Gasteiger partial charge in [-0.2, -0.15) is 0 Å². The topological polar surface area (TPSA) is 50.2 Å². The van der Waals surface area contributed by atoms with Crippen molar-refractivity contribution in [1.82, 2.24) is 4.98 Å². The van der Waals surface area contributed by atoms with E-state index in [1.54, 1.807) is 12.1 Å². The second kappa shape index (κ2) is 5.55. The normalized spacial score (nSPS) is 10.5. The van der Waals surface area contributed by atoms with Crippen LogP contribution >= 0.6 is 46.4 Å². The summed E-state index contributed by atoms with van der Waals surface area (Å²) < 4.78 is 0. The minimum absolute atomic E-state index is 0.0000857. The Morgan fingerprint density at radius 2 is 1.58 bits per heavy atom. The average Bonchev–Trinajstić information content (AvgIpc) is 2.35. The molecule has 0 radical (unpaired) electrons. The molecule has 0 aliphatic heterocycles. The van der Waals surface area contributed by atoms with E-state index in [0.29, 0.717) is 11.3 Å². The van der Waals surface area contributed by atoms with Crippen molar-refractivity contribution >= 4 is 52.4 Å². The zero-order valence-corrected chi connectivity index (χ0v) is 12.1. The molecule has 7 heteroatoms. The number of benzene rings is 1. The SMILES string of the molecule is O=C(O)c1cnc(-c2cc(Cl)c(Cl)c(Cl)c2)c(Cl)c1. The third-order valence-corrected chi connectivity index (χ3v) is 3.83. The first kappa shape index (κ1) is 14.4. The molecule has 0 unspecified atom stereocenters. The van der Waals surface area contributed by atoms with Gasteiger partial charge in [0.05, 0.1) is 31.3 Å². The standard InChI is InChI=1S/C12H5Cl4NO2/c13-7-1-5(2-8(14)10(7)16)11-9(15)3-6(4-17-11)12(18)19/h1-4H,(H,18,19). The van der Waals surface area contributed by atoms with Gasteiger partial charge in [0, 0.05) is 11.8 Å². The first-order valence-corrected chi connectivity index (χ1v) is 6.45. The number of nitrogens with zero attached hydrogens (tertiary/aromatic N) is 1. The van der Waals surface area contributed by atoms with E-state index in [9.17, 15) is 4.79 Å². The van der Waals surface area contributed by atoms with E-state index in [2.05, 4.69) is 4.98 Å². The highest BCUT2D eigenvalue weighted by Crippen LogP contribution is 2.36. The van der Waals surface area contributed by atoms with E-state index >= 15 is 0 Å². The van der Waals surface area contributed by atoms with Crippen LogP contribution in [-0.2, 0) is 0 Å². The molecule has 0 saturated carbocycles. The maximum absolute atomic E-state index is 10.8. The fraction of sp³-hybridized carbons (Fsp3) is 0. The van der Waals surface area contributed by atoms with Crippen LogP contribution in [0.5, 0.6) is 0 Å². The van der Waals surface area contributed by atoms with Crippen molar-refractivity contribution in [2.24, 2.45) is 0 Å². The molecule has 2 aromatic rings. The van der Waals surface area contributed by atoms with E-state index in [1.807, 2.05) is 0 Å². The summed E-state index contributed by atoms with van der Waals surface area (Å²) in [6, 6.07) is 4.43. The van der Waals surface area contributed by atoms with Crippen LogP contribution in [-0.4, -0.2) is 16.1 Å². The molecule has 1 aromatic heterocycles. The molecule has 98 valence electrons. The molecule has 1 heterocycles. The quantitative estimate of drug-likeness (QED) is 0.780. The predicted molar refractivity (Wildman–Crippen MR) is 76.7 cm³/mol. The Morgan fingerprint density at radius 1 is 1.00 bits per heavy atom. The van der Waals surface area contributed by atoms with Crippen molar-refractivity contribution in [1.29, 1.82) is 0 Å². The van der Waals surface area contributed by atoms with Gasteiger partial charge in [0.1, 0.15) is 0 Å². The van der Waals surface area contributed by atoms with Gasteiger partial charge in [0.2, 0.25) is 0 Å². The number of aromatic nitrogens is 1. The summed E-state index contributed by atoms with van der Waals surface area (Å²) in [7, 11) is 0. The molecule has 2 rings (SSSR count). The minimum atomic E-state index is -1.10. The highest BCUT2D eigenvalue weighted by atomic mass is 35.5. The molecule has 19 heavy (non-hydrogen) atoms. The Hall–Kier alpha value is -1.000. The van der Waals surface area contributed by atoms with E-state index in [-0.39, 0.29) is 25.7 Å². The van der Waals surface area contributed by atoms with Gasteiger partial charge in [-0.05, 0) is 18.2 Å². The Kier molecular flexibility index (Phi) is 4.21. The van der Waals surface area contributed by atoms with Crippen molar-refractivity contribution in [2.75, 3.05) is 0 Å². The Morgan fingerprint density at radius 3 is 2.05 bits per heavy atom. The maximum Gasteiger partial charge on any atom is 0.337 e. The molecule has 1 aromatic carbocycles. The zero-order chi connectivity index (χ0) is 14.2. The van der Waals surface area contributed by atoms with Crippen LogP contribution in [0.2, 0.25) is 20.1 Å². The number of rotatable bonds is 2. The van der Waals surface area contributed by atoms with Gasteiger partial charge in [0.15, 0.2) is 0 Å². The summed E-state index contributed by atoms with van der Waals surface area (Å²) in [6.45, 7) is 0. The van der Waals surface area contributed by atoms with Gasteiger partial charge in [-0.1, -0.05) is 46.4 Å². The fourth-order valence-corrected chi connectivity index (χ4v) is 2.33. The van der Waals surface area contributed by atoms with Crippen LogP contribution in [0.3, 0.4) is 0 Å². The molecule has 0 amide bonds. The first-order valence-electron chi connectivity index (χ1n) is 4.94. The van der Waals surface area contributed by atoms with Gasteiger partial charge < -0.3 is 5.11 Å². The van der Waals surface area contributed by atoms with Crippen molar-refractivity contribution in [3.8, 4) is 11.3 Å². The average molecular weight is 337 g/mol. The van der Waals surface area contributed by atoms with E-state index in [4.69, 9.17) is 51.5 Å². The molecule has 0 bridgehead atoms. The van der Waals surface area contributed by atoms with Gasteiger partial charge in [0.25, 0.3) is 0 Å². The number of halogens is 4. The van der Waals surface area contributed by atoms with E-state index < -0.39 is 5.97 Å². The molecule has 0 atom stereocenters. The summed E-state index contributed by atoms with van der Waals surface area (Å²) in [6.07, 6.45) is 1.21. The minimum Gasteiger partial charge on any atom is -0.478 e. The summed E-state index contributed by atoms with van der Waals surface area (Å²) in [4.78, 5) is 14.8. The maximum atomic E-state index is 10.8. The van der Waals surface area contributed by atoms with Gasteiger partial charge >= 0.3 is 5.97 Å². The smallest absolute Gasteiger partial charge is 0.337 e. The molecule has 0 aliphatic carbocycles. The second-order valence-corrected chi connectivity index (χ2v) is 5.21. The number of hydrogen-bond donors (Lipinski definition) is 1. The van der Waals surface area contributed by atoms with Crippen LogP contribution in [0.4, 0.5) is 0 Å². The van der Waals surface area contributed by atoms with Gasteiger partial charge in [-0.3, -0.25) is 4.98 Å². The highest BCUT2D eigenvalue weighted by molar-refractivity contribution is 6.48. The lowest BCUT2D eigenvalue weighted by Crippen LogP contribution is -1.98. The van der Waals surface area contributed by atoms with Crippen molar-refractivity contribution in [3.63, 3.8) is 0 Å². The molecule has 0 aliphatic rings. The molecular formula is C12H5Cl4NO2. The second-order valence-electron chi connectivity index (χ2n) is 3.61. The van der Waals surface area contributed by atoms with E-state index in [1.165, 1.54) is 12.3 Å². The van der Waals surface area contributed by atoms with Crippen LogP contribution < -0.4 is 0 Å².